The first-order chi connectivity index (χ1) is 10.1. The third kappa shape index (κ3) is 4.87. The van der Waals surface area contributed by atoms with Crippen LogP contribution in [0.1, 0.15) is 5.56 Å². The van der Waals surface area contributed by atoms with Crippen molar-refractivity contribution in [3.8, 4) is 5.75 Å². The van der Waals surface area contributed by atoms with Gasteiger partial charge in [-0.1, -0.05) is 36.4 Å². The van der Waals surface area contributed by atoms with Gasteiger partial charge in [0.05, 0.1) is 5.69 Å². The van der Waals surface area contributed by atoms with E-state index in [0.29, 0.717) is 18.0 Å². The highest BCUT2D eigenvalue weighted by molar-refractivity contribution is 5.93. The summed E-state index contributed by atoms with van der Waals surface area (Å²) in [5, 5.41) is 0. The van der Waals surface area contributed by atoms with Crippen LogP contribution in [0.25, 0.3) is 0 Å². The van der Waals surface area contributed by atoms with E-state index in [9.17, 15) is 0 Å². The molecule has 0 aromatic heterocycles. The zero-order valence-corrected chi connectivity index (χ0v) is 11.4. The largest absolute Gasteiger partial charge is 0.489 e. The van der Waals surface area contributed by atoms with Crippen molar-refractivity contribution in [3.63, 3.8) is 0 Å². The highest BCUT2D eigenvalue weighted by atomic mass is 16.5. The molecule has 0 atom stereocenters. The molecule has 6 N–H and O–H groups in total. The molecule has 21 heavy (non-hydrogen) atoms. The van der Waals surface area contributed by atoms with Crippen LogP contribution >= 0.6 is 0 Å². The minimum atomic E-state index is -0.132. The van der Waals surface area contributed by atoms with E-state index in [2.05, 4.69) is 9.98 Å². The minimum Gasteiger partial charge on any atom is -0.489 e. The fourth-order valence-electron chi connectivity index (χ4n) is 1.67. The lowest BCUT2D eigenvalue weighted by Crippen LogP contribution is -2.26. The number of nitrogens with two attached hydrogens (primary N) is 3. The highest BCUT2D eigenvalue weighted by Gasteiger charge is 1.98. The monoisotopic (exact) mass is 283 g/mol. The SMILES string of the molecule is NC(N)=NC(N)=Nc1cccc(OCc2ccccc2)c1. The highest BCUT2D eigenvalue weighted by Crippen LogP contribution is 2.20. The summed E-state index contributed by atoms with van der Waals surface area (Å²) < 4.78 is 5.70. The van der Waals surface area contributed by atoms with E-state index in [1.807, 2.05) is 42.5 Å². The standard InChI is InChI=1S/C15H17N5O/c16-14(17)20-15(18)19-12-7-4-8-13(9-12)21-10-11-5-2-1-3-6-11/h1-9H,10H2,(H6,16,17,18,19,20). The van der Waals surface area contributed by atoms with Gasteiger partial charge in [-0.25, -0.2) is 4.99 Å². The Morgan fingerprint density at radius 2 is 1.71 bits per heavy atom. The number of hydrogen-bond donors (Lipinski definition) is 3. The van der Waals surface area contributed by atoms with Crippen LogP contribution in [0.15, 0.2) is 64.6 Å². The quantitative estimate of drug-likeness (QED) is 0.582. The molecule has 0 amide bonds. The summed E-state index contributed by atoms with van der Waals surface area (Å²) in [4.78, 5) is 7.74. The zero-order chi connectivity index (χ0) is 15.1. The third-order valence-electron chi connectivity index (χ3n) is 2.55. The van der Waals surface area contributed by atoms with Crippen molar-refractivity contribution < 1.29 is 4.74 Å². The number of benzene rings is 2. The van der Waals surface area contributed by atoms with E-state index in [0.717, 1.165) is 5.56 Å². The average molecular weight is 283 g/mol. The Morgan fingerprint density at radius 1 is 0.952 bits per heavy atom. The summed E-state index contributed by atoms with van der Waals surface area (Å²) in [7, 11) is 0. The lowest BCUT2D eigenvalue weighted by atomic mass is 10.2. The molecule has 0 bridgehead atoms. The Hall–Kier alpha value is -3.02. The number of nitrogens with zero attached hydrogens (tertiary/aromatic N) is 2. The molecule has 0 fully saturated rings. The van der Waals surface area contributed by atoms with Gasteiger partial charge in [-0.15, -0.1) is 0 Å². The second kappa shape index (κ2) is 6.95. The third-order valence-corrected chi connectivity index (χ3v) is 2.55. The van der Waals surface area contributed by atoms with Gasteiger partial charge in [0, 0.05) is 6.07 Å². The molecule has 108 valence electrons. The van der Waals surface area contributed by atoms with E-state index in [1.54, 1.807) is 12.1 Å². The molecule has 2 aromatic rings. The van der Waals surface area contributed by atoms with Crippen molar-refractivity contribution in [2.45, 2.75) is 6.61 Å². The number of ether oxygens (including phenoxy) is 1. The second-order valence-electron chi connectivity index (χ2n) is 4.28. The van der Waals surface area contributed by atoms with Crippen LogP contribution < -0.4 is 21.9 Å². The Balaban J connectivity index is 2.06. The van der Waals surface area contributed by atoms with Gasteiger partial charge < -0.3 is 21.9 Å². The van der Waals surface area contributed by atoms with Crippen molar-refractivity contribution in [2.75, 3.05) is 0 Å². The fraction of sp³-hybridized carbons (Fsp3) is 0.0667. The maximum Gasteiger partial charge on any atom is 0.223 e. The Labute approximate surface area is 123 Å². The van der Waals surface area contributed by atoms with E-state index in [-0.39, 0.29) is 11.9 Å². The molecular weight excluding hydrogens is 266 g/mol. The fourth-order valence-corrected chi connectivity index (χ4v) is 1.67. The van der Waals surface area contributed by atoms with Gasteiger partial charge in [-0.3, -0.25) is 0 Å². The van der Waals surface area contributed by atoms with Crippen molar-refractivity contribution in [2.24, 2.45) is 27.2 Å². The Morgan fingerprint density at radius 3 is 2.43 bits per heavy atom. The molecule has 0 unspecified atom stereocenters. The molecule has 6 heteroatoms. The van der Waals surface area contributed by atoms with E-state index in [1.165, 1.54) is 0 Å². The molecule has 0 aliphatic heterocycles. The first-order valence-corrected chi connectivity index (χ1v) is 6.34. The van der Waals surface area contributed by atoms with Crippen LogP contribution in [0.4, 0.5) is 5.69 Å². The number of guanidine groups is 2. The first kappa shape index (κ1) is 14.4. The molecule has 0 aliphatic carbocycles. The molecule has 2 aromatic carbocycles. The molecule has 0 heterocycles. The number of aliphatic imine (C=N–C) groups is 2. The van der Waals surface area contributed by atoms with E-state index < -0.39 is 0 Å². The predicted octanol–water partition coefficient (Wildman–Crippen LogP) is 1.49. The predicted molar refractivity (Wildman–Crippen MR) is 84.3 cm³/mol. The lowest BCUT2D eigenvalue weighted by Gasteiger charge is -2.06. The van der Waals surface area contributed by atoms with Crippen molar-refractivity contribution in [1.82, 2.24) is 0 Å². The smallest absolute Gasteiger partial charge is 0.223 e. The maximum atomic E-state index is 5.70. The Bertz CT molecular complexity index is 648. The van der Waals surface area contributed by atoms with Crippen LogP contribution in [0.3, 0.4) is 0 Å². The Kier molecular flexibility index (Phi) is 4.76. The number of hydrogen-bond acceptors (Lipinski definition) is 2. The lowest BCUT2D eigenvalue weighted by molar-refractivity contribution is 0.306. The van der Waals surface area contributed by atoms with Gasteiger partial charge in [-0.05, 0) is 17.7 Å². The summed E-state index contributed by atoms with van der Waals surface area (Å²) in [5.41, 5.74) is 17.7. The van der Waals surface area contributed by atoms with Gasteiger partial charge in [-0.2, -0.15) is 4.99 Å². The summed E-state index contributed by atoms with van der Waals surface area (Å²) in [6.45, 7) is 0.484. The summed E-state index contributed by atoms with van der Waals surface area (Å²) >= 11 is 0. The first-order valence-electron chi connectivity index (χ1n) is 6.34. The topological polar surface area (TPSA) is 112 Å². The zero-order valence-electron chi connectivity index (χ0n) is 11.4. The van der Waals surface area contributed by atoms with Crippen molar-refractivity contribution >= 4 is 17.6 Å². The van der Waals surface area contributed by atoms with Crippen LogP contribution in [0.2, 0.25) is 0 Å². The number of rotatable bonds is 4. The van der Waals surface area contributed by atoms with Crippen molar-refractivity contribution in [3.05, 3.63) is 60.2 Å². The summed E-state index contributed by atoms with van der Waals surface area (Å²) in [5.74, 6) is 0.556. The van der Waals surface area contributed by atoms with Crippen LogP contribution in [-0.4, -0.2) is 11.9 Å². The van der Waals surface area contributed by atoms with Gasteiger partial charge in [0.25, 0.3) is 0 Å². The molecule has 0 saturated carbocycles. The van der Waals surface area contributed by atoms with Crippen LogP contribution in [0, 0.1) is 0 Å². The molecule has 0 aliphatic rings. The summed E-state index contributed by atoms with van der Waals surface area (Å²) in [6.07, 6.45) is 0. The van der Waals surface area contributed by atoms with Gasteiger partial charge >= 0.3 is 0 Å². The molecular formula is C15H17N5O. The molecule has 6 nitrogen and oxygen atoms in total. The van der Waals surface area contributed by atoms with E-state index >= 15 is 0 Å². The van der Waals surface area contributed by atoms with Gasteiger partial charge in [0.2, 0.25) is 5.96 Å². The maximum absolute atomic E-state index is 5.70. The minimum absolute atomic E-state index is 0.00444. The molecule has 0 radical (unpaired) electrons. The normalized spacial score (nSPS) is 11.0. The molecule has 0 spiro atoms. The van der Waals surface area contributed by atoms with E-state index in [4.69, 9.17) is 21.9 Å². The summed E-state index contributed by atoms with van der Waals surface area (Å²) in [6, 6.07) is 17.1. The van der Waals surface area contributed by atoms with Gasteiger partial charge in [0.1, 0.15) is 12.4 Å². The average Bonchev–Trinajstić information content (AvgIpc) is 2.46. The molecule has 0 saturated heterocycles. The van der Waals surface area contributed by atoms with Crippen LogP contribution in [0.5, 0.6) is 5.75 Å². The molecule has 2 rings (SSSR count). The van der Waals surface area contributed by atoms with Crippen molar-refractivity contribution in [1.29, 1.82) is 0 Å². The second-order valence-corrected chi connectivity index (χ2v) is 4.28. The van der Waals surface area contributed by atoms with Gasteiger partial charge in [0.15, 0.2) is 5.96 Å². The van der Waals surface area contributed by atoms with Crippen LogP contribution in [-0.2, 0) is 6.61 Å².